The number of nitrogens with one attached hydrogen (secondary N) is 1. The molecule has 1 N–H and O–H groups in total. The van der Waals surface area contributed by atoms with Gasteiger partial charge in [-0.05, 0) is 48.7 Å². The van der Waals surface area contributed by atoms with E-state index in [1.165, 1.54) is 33.7 Å². The molecule has 1 aromatic heterocycles. The number of carbonyl (C=O) groups excluding carboxylic acids is 2. The van der Waals surface area contributed by atoms with Gasteiger partial charge in [-0.15, -0.1) is 13.2 Å². The summed E-state index contributed by atoms with van der Waals surface area (Å²) in [7, 11) is -3.91. The Bertz CT molecular complexity index is 1310. The highest BCUT2D eigenvalue weighted by atomic mass is 32.2. The van der Waals surface area contributed by atoms with Crippen molar-refractivity contribution >= 4 is 33.5 Å². The van der Waals surface area contributed by atoms with E-state index in [2.05, 4.69) is 14.4 Å². The number of aromatic nitrogens is 1. The van der Waals surface area contributed by atoms with Crippen molar-refractivity contribution in [3.8, 4) is 5.75 Å². The molecular weight excluding hydrogens is 519 g/mol. The van der Waals surface area contributed by atoms with Crippen molar-refractivity contribution in [3.05, 3.63) is 48.3 Å². The van der Waals surface area contributed by atoms with Crippen LogP contribution in [-0.2, 0) is 26.3 Å². The minimum absolute atomic E-state index is 0.0835. The Morgan fingerprint density at radius 3 is 2.38 bits per heavy atom. The number of amides is 3. The van der Waals surface area contributed by atoms with Gasteiger partial charge < -0.3 is 14.4 Å². The SMILES string of the molecule is O=C1N(c2ccc(OC(F)(F)F)cc2)C(=O)C2(CC2)N1Cc1ccncc1NS(=O)(=O)N1CCOCC1. The topological polar surface area (TPSA) is 121 Å². The van der Waals surface area contributed by atoms with Crippen molar-refractivity contribution in [2.45, 2.75) is 31.3 Å². The Labute approximate surface area is 209 Å². The molecule has 15 heteroatoms. The lowest BCUT2D eigenvalue weighted by Crippen LogP contribution is -2.43. The van der Waals surface area contributed by atoms with Crippen molar-refractivity contribution in [1.82, 2.24) is 14.2 Å². The third kappa shape index (κ3) is 4.93. The quantitative estimate of drug-likeness (QED) is 0.535. The van der Waals surface area contributed by atoms with Crippen LogP contribution in [-0.4, -0.2) is 72.7 Å². The average Bonchev–Trinajstić information content (AvgIpc) is 3.62. The number of ether oxygens (including phenoxy) is 2. The van der Waals surface area contributed by atoms with Crippen LogP contribution >= 0.6 is 0 Å². The number of hydrogen-bond acceptors (Lipinski definition) is 7. The average molecular weight is 542 g/mol. The molecule has 2 aromatic rings. The summed E-state index contributed by atoms with van der Waals surface area (Å²) in [5.41, 5.74) is -0.407. The van der Waals surface area contributed by atoms with Crippen LogP contribution in [0.2, 0.25) is 0 Å². The van der Waals surface area contributed by atoms with Gasteiger partial charge in [0.25, 0.3) is 5.91 Å². The van der Waals surface area contributed by atoms with Crippen molar-refractivity contribution in [2.75, 3.05) is 35.9 Å². The first-order valence-corrected chi connectivity index (χ1v) is 12.7. The number of hydrogen-bond donors (Lipinski definition) is 1. The fourth-order valence-electron chi connectivity index (χ4n) is 4.37. The molecule has 3 fully saturated rings. The molecule has 0 atom stereocenters. The number of morpholine rings is 1. The predicted molar refractivity (Wildman–Crippen MR) is 123 cm³/mol. The van der Waals surface area contributed by atoms with Gasteiger partial charge >= 0.3 is 22.6 Å². The molecule has 3 aliphatic rings. The maximum Gasteiger partial charge on any atom is 0.573 e. The number of benzene rings is 1. The van der Waals surface area contributed by atoms with Crippen LogP contribution in [0.1, 0.15) is 18.4 Å². The molecular formula is C22H22F3N5O6S. The van der Waals surface area contributed by atoms with Crippen molar-refractivity contribution < 1.29 is 40.7 Å². The molecule has 198 valence electrons. The number of nitrogens with zero attached hydrogens (tertiary/aromatic N) is 4. The Morgan fingerprint density at radius 1 is 1.08 bits per heavy atom. The molecule has 1 spiro atoms. The minimum Gasteiger partial charge on any atom is -0.406 e. The van der Waals surface area contributed by atoms with E-state index in [0.29, 0.717) is 18.4 Å². The highest BCUT2D eigenvalue weighted by molar-refractivity contribution is 7.90. The van der Waals surface area contributed by atoms with E-state index in [9.17, 15) is 31.2 Å². The number of halogens is 3. The number of pyridine rings is 1. The van der Waals surface area contributed by atoms with Crippen LogP contribution in [0.4, 0.5) is 29.3 Å². The smallest absolute Gasteiger partial charge is 0.406 e. The summed E-state index contributed by atoms with van der Waals surface area (Å²) in [6.45, 7) is 0.837. The van der Waals surface area contributed by atoms with Gasteiger partial charge in [-0.1, -0.05) is 0 Å². The normalized spacial score (nSPS) is 20.0. The third-order valence-electron chi connectivity index (χ3n) is 6.38. The first-order valence-electron chi connectivity index (χ1n) is 11.3. The Hall–Kier alpha value is -3.43. The maximum atomic E-state index is 13.4. The van der Waals surface area contributed by atoms with Gasteiger partial charge in [0.1, 0.15) is 11.3 Å². The highest BCUT2D eigenvalue weighted by Gasteiger charge is 2.65. The van der Waals surface area contributed by atoms with Crippen LogP contribution in [0, 0.1) is 0 Å². The van der Waals surface area contributed by atoms with Crippen molar-refractivity contribution in [3.63, 3.8) is 0 Å². The first-order chi connectivity index (χ1) is 17.5. The summed E-state index contributed by atoms with van der Waals surface area (Å²) in [6.07, 6.45) is -1.29. The Balaban J connectivity index is 1.37. The lowest BCUT2D eigenvalue weighted by atomic mass is 10.1. The van der Waals surface area contributed by atoms with Crippen molar-refractivity contribution in [2.24, 2.45) is 0 Å². The Morgan fingerprint density at radius 2 is 1.76 bits per heavy atom. The molecule has 0 unspecified atom stereocenters. The number of rotatable bonds is 7. The van der Waals surface area contributed by atoms with Gasteiger partial charge in [0, 0.05) is 19.3 Å². The summed E-state index contributed by atoms with van der Waals surface area (Å²) in [6, 6.07) is 5.33. The zero-order valence-electron chi connectivity index (χ0n) is 19.3. The standard InChI is InChI=1S/C22H22F3N5O6S/c23-22(24,25)36-17-3-1-16(2-4-17)30-19(31)21(6-7-21)29(20(30)32)14-15-5-8-26-13-18(15)27-37(33,34)28-9-11-35-12-10-28/h1-5,8,13,27H,6-7,9-12,14H2. The van der Waals surface area contributed by atoms with Gasteiger partial charge in [0.2, 0.25) is 0 Å². The van der Waals surface area contributed by atoms with Crippen LogP contribution in [0.5, 0.6) is 5.75 Å². The molecule has 1 saturated carbocycles. The van der Waals surface area contributed by atoms with Crippen LogP contribution in [0.15, 0.2) is 42.7 Å². The second-order valence-corrected chi connectivity index (χ2v) is 10.4. The molecule has 3 heterocycles. The molecule has 0 radical (unpaired) electrons. The van der Waals surface area contributed by atoms with Crippen LogP contribution in [0.3, 0.4) is 0 Å². The van der Waals surface area contributed by atoms with Gasteiger partial charge in [-0.3, -0.25) is 14.5 Å². The molecule has 11 nitrogen and oxygen atoms in total. The number of urea groups is 1. The largest absolute Gasteiger partial charge is 0.573 e. The molecule has 37 heavy (non-hydrogen) atoms. The van der Waals surface area contributed by atoms with E-state index in [0.717, 1.165) is 17.0 Å². The van der Waals surface area contributed by atoms with E-state index in [4.69, 9.17) is 4.74 Å². The number of carbonyl (C=O) groups is 2. The highest BCUT2D eigenvalue weighted by Crippen LogP contribution is 2.50. The van der Waals surface area contributed by atoms with E-state index < -0.39 is 39.8 Å². The van der Waals surface area contributed by atoms with Gasteiger partial charge in [0.05, 0.1) is 37.3 Å². The van der Waals surface area contributed by atoms with Gasteiger partial charge in [0.15, 0.2) is 0 Å². The Kier molecular flexibility index (Phi) is 6.24. The second-order valence-electron chi connectivity index (χ2n) is 8.73. The van der Waals surface area contributed by atoms with E-state index in [1.807, 2.05) is 0 Å². The minimum atomic E-state index is -4.87. The summed E-state index contributed by atoms with van der Waals surface area (Å²) < 4.78 is 75.9. The zero-order valence-corrected chi connectivity index (χ0v) is 20.1. The number of imide groups is 1. The van der Waals surface area contributed by atoms with Crippen LogP contribution in [0.25, 0.3) is 0 Å². The molecule has 2 saturated heterocycles. The molecule has 1 aliphatic carbocycles. The lowest BCUT2D eigenvalue weighted by Gasteiger charge is -2.27. The first kappa shape index (κ1) is 25.2. The molecule has 2 aliphatic heterocycles. The lowest BCUT2D eigenvalue weighted by molar-refractivity contribution is -0.274. The van der Waals surface area contributed by atoms with E-state index in [-0.39, 0.29) is 44.2 Å². The van der Waals surface area contributed by atoms with Crippen LogP contribution < -0.4 is 14.4 Å². The van der Waals surface area contributed by atoms with Gasteiger partial charge in [-0.2, -0.15) is 12.7 Å². The molecule has 5 rings (SSSR count). The fraction of sp³-hybridized carbons (Fsp3) is 0.409. The molecule has 3 amide bonds. The second kappa shape index (κ2) is 9.15. The van der Waals surface area contributed by atoms with E-state index >= 15 is 0 Å². The number of anilines is 2. The monoisotopic (exact) mass is 541 g/mol. The third-order valence-corrected chi connectivity index (χ3v) is 7.90. The van der Waals surface area contributed by atoms with E-state index in [1.54, 1.807) is 6.07 Å². The number of alkyl halides is 3. The summed E-state index contributed by atoms with van der Waals surface area (Å²) >= 11 is 0. The van der Waals surface area contributed by atoms with Gasteiger partial charge in [-0.25, -0.2) is 9.69 Å². The molecule has 0 bridgehead atoms. The van der Waals surface area contributed by atoms with Crippen molar-refractivity contribution in [1.29, 1.82) is 0 Å². The maximum absolute atomic E-state index is 13.4. The predicted octanol–water partition coefficient (Wildman–Crippen LogP) is 2.47. The summed E-state index contributed by atoms with van der Waals surface area (Å²) in [5.74, 6) is -0.978. The summed E-state index contributed by atoms with van der Waals surface area (Å²) in [4.78, 5) is 32.9. The summed E-state index contributed by atoms with van der Waals surface area (Å²) in [5, 5.41) is 0. The fourth-order valence-corrected chi connectivity index (χ4v) is 5.59. The zero-order chi connectivity index (χ0) is 26.4. The molecule has 1 aromatic carbocycles.